The fourth-order valence-corrected chi connectivity index (χ4v) is 4.62. The van der Waals surface area contributed by atoms with Crippen LogP contribution < -0.4 is 5.69 Å². The van der Waals surface area contributed by atoms with E-state index >= 15 is 0 Å². The molecule has 25 heavy (non-hydrogen) atoms. The Labute approximate surface area is 148 Å². The lowest BCUT2D eigenvalue weighted by Crippen LogP contribution is -2.32. The lowest BCUT2D eigenvalue weighted by Gasteiger charge is -2.19. The molecule has 7 nitrogen and oxygen atoms in total. The number of sulfonamides is 1. The summed E-state index contributed by atoms with van der Waals surface area (Å²) in [6.45, 7) is 5.80. The van der Waals surface area contributed by atoms with Gasteiger partial charge in [-0.3, -0.25) is 0 Å². The maximum absolute atomic E-state index is 12.9. The normalized spacial score (nSPS) is 17.2. The number of nitrogens with zero attached hydrogens (tertiary/aromatic N) is 4. The summed E-state index contributed by atoms with van der Waals surface area (Å²) >= 11 is 0. The molecule has 8 heteroatoms. The SMILES string of the molecule is CC(C)CCn1nc2ccc(S(=O)(=O)N3CCCCCC3)cn2c1=O. The molecule has 0 saturated carbocycles. The molecule has 0 amide bonds. The van der Waals surface area contributed by atoms with Crippen molar-refractivity contribution in [1.82, 2.24) is 18.5 Å². The van der Waals surface area contributed by atoms with Crippen molar-refractivity contribution < 1.29 is 8.42 Å². The molecule has 138 valence electrons. The van der Waals surface area contributed by atoms with Crippen LogP contribution in [0.2, 0.25) is 0 Å². The predicted molar refractivity (Wildman–Crippen MR) is 96.1 cm³/mol. The van der Waals surface area contributed by atoms with Crippen molar-refractivity contribution >= 4 is 15.7 Å². The summed E-state index contributed by atoms with van der Waals surface area (Å²) in [5.74, 6) is 0.468. The highest BCUT2D eigenvalue weighted by atomic mass is 32.2. The van der Waals surface area contributed by atoms with Crippen LogP contribution in [0.3, 0.4) is 0 Å². The first-order chi connectivity index (χ1) is 11.9. The summed E-state index contributed by atoms with van der Waals surface area (Å²) in [6.07, 6.45) is 6.16. The van der Waals surface area contributed by atoms with Crippen LogP contribution >= 0.6 is 0 Å². The highest BCUT2D eigenvalue weighted by Gasteiger charge is 2.26. The van der Waals surface area contributed by atoms with Gasteiger partial charge in [-0.2, -0.15) is 4.31 Å². The van der Waals surface area contributed by atoms with E-state index < -0.39 is 10.0 Å². The Morgan fingerprint density at radius 3 is 2.44 bits per heavy atom. The topological polar surface area (TPSA) is 76.7 Å². The monoisotopic (exact) mass is 366 g/mol. The highest BCUT2D eigenvalue weighted by Crippen LogP contribution is 2.20. The van der Waals surface area contributed by atoms with Crippen LogP contribution in [-0.4, -0.2) is 40.0 Å². The predicted octanol–water partition coefficient (Wildman–Crippen LogP) is 2.11. The van der Waals surface area contributed by atoms with Gasteiger partial charge in [0.05, 0.1) is 4.90 Å². The zero-order chi connectivity index (χ0) is 18.0. The second-order valence-electron chi connectivity index (χ2n) is 7.10. The van der Waals surface area contributed by atoms with Crippen molar-refractivity contribution in [3.63, 3.8) is 0 Å². The lowest BCUT2D eigenvalue weighted by molar-refractivity contribution is 0.423. The standard InChI is InChI=1S/C17H26N4O3S/c1-14(2)9-12-21-17(22)20-13-15(7-8-16(20)18-21)25(23,24)19-10-5-3-4-6-11-19/h7-8,13-14H,3-6,9-12H2,1-2H3. The average Bonchev–Trinajstić information content (AvgIpc) is 2.77. The van der Waals surface area contributed by atoms with Gasteiger partial charge in [0.1, 0.15) is 0 Å². The fraction of sp³-hybridized carbons (Fsp3) is 0.647. The Morgan fingerprint density at radius 1 is 1.12 bits per heavy atom. The Morgan fingerprint density at radius 2 is 1.80 bits per heavy atom. The van der Waals surface area contributed by atoms with Crippen LogP contribution in [-0.2, 0) is 16.6 Å². The molecule has 1 aliphatic rings. The minimum Gasteiger partial charge on any atom is -0.249 e. The number of hydrogen-bond acceptors (Lipinski definition) is 4. The van der Waals surface area contributed by atoms with Crippen LogP contribution in [0.5, 0.6) is 0 Å². The van der Waals surface area contributed by atoms with E-state index in [9.17, 15) is 13.2 Å². The summed E-state index contributed by atoms with van der Waals surface area (Å²) in [4.78, 5) is 12.7. The molecule has 3 heterocycles. The van der Waals surface area contributed by atoms with E-state index in [2.05, 4.69) is 18.9 Å². The molecule has 0 N–H and O–H groups in total. The van der Waals surface area contributed by atoms with Gasteiger partial charge in [-0.15, -0.1) is 5.10 Å². The fourth-order valence-electron chi connectivity index (χ4n) is 3.11. The second kappa shape index (κ2) is 7.29. The van der Waals surface area contributed by atoms with Gasteiger partial charge >= 0.3 is 5.69 Å². The molecule has 3 rings (SSSR count). The summed E-state index contributed by atoms with van der Waals surface area (Å²) in [6, 6.07) is 3.16. The van der Waals surface area contributed by atoms with Gasteiger partial charge < -0.3 is 0 Å². The lowest BCUT2D eigenvalue weighted by atomic mass is 10.1. The zero-order valence-corrected chi connectivity index (χ0v) is 15.7. The van der Waals surface area contributed by atoms with Crippen molar-refractivity contribution in [2.75, 3.05) is 13.1 Å². The number of aryl methyl sites for hydroxylation is 1. The molecule has 0 unspecified atom stereocenters. The quantitative estimate of drug-likeness (QED) is 0.812. The van der Waals surface area contributed by atoms with Crippen LogP contribution in [0, 0.1) is 5.92 Å². The number of rotatable bonds is 5. The number of aromatic nitrogens is 3. The van der Waals surface area contributed by atoms with Crippen molar-refractivity contribution in [1.29, 1.82) is 0 Å². The van der Waals surface area contributed by atoms with Gasteiger partial charge in [0, 0.05) is 25.8 Å². The van der Waals surface area contributed by atoms with Gasteiger partial charge in [-0.1, -0.05) is 26.7 Å². The Bertz CT molecular complexity index is 890. The Kier molecular flexibility index (Phi) is 5.29. The molecule has 1 saturated heterocycles. The van der Waals surface area contributed by atoms with Crippen LogP contribution in [0.25, 0.3) is 5.65 Å². The second-order valence-corrected chi connectivity index (χ2v) is 9.04. The van der Waals surface area contributed by atoms with E-state index in [1.807, 2.05) is 0 Å². The summed E-state index contributed by atoms with van der Waals surface area (Å²) in [7, 11) is -3.57. The number of fused-ring (bicyclic) bond motifs is 1. The van der Waals surface area contributed by atoms with E-state index in [-0.39, 0.29) is 10.6 Å². The molecule has 0 radical (unpaired) electrons. The first-order valence-corrected chi connectivity index (χ1v) is 10.4. The van der Waals surface area contributed by atoms with E-state index in [1.54, 1.807) is 12.1 Å². The molecular formula is C17H26N4O3S. The highest BCUT2D eigenvalue weighted by molar-refractivity contribution is 7.89. The smallest absolute Gasteiger partial charge is 0.249 e. The minimum absolute atomic E-state index is 0.160. The molecule has 0 aromatic carbocycles. The third kappa shape index (κ3) is 3.79. The van der Waals surface area contributed by atoms with Gasteiger partial charge in [-0.25, -0.2) is 22.3 Å². The average molecular weight is 366 g/mol. The molecule has 1 aliphatic heterocycles. The van der Waals surface area contributed by atoms with E-state index in [1.165, 1.54) is 19.6 Å². The summed E-state index contributed by atoms with van der Waals surface area (Å²) in [5, 5.41) is 4.29. The van der Waals surface area contributed by atoms with E-state index in [0.29, 0.717) is 31.2 Å². The third-order valence-electron chi connectivity index (χ3n) is 4.67. The van der Waals surface area contributed by atoms with Crippen molar-refractivity contribution in [3.8, 4) is 0 Å². The summed E-state index contributed by atoms with van der Waals surface area (Å²) < 4.78 is 30.1. The third-order valence-corrected chi connectivity index (χ3v) is 6.55. The Hall–Kier alpha value is -1.67. The Balaban J connectivity index is 1.94. The van der Waals surface area contributed by atoms with Gasteiger partial charge in [0.2, 0.25) is 10.0 Å². The molecule has 2 aromatic heterocycles. The van der Waals surface area contributed by atoms with E-state index in [0.717, 1.165) is 32.1 Å². The van der Waals surface area contributed by atoms with Crippen molar-refractivity contribution in [2.24, 2.45) is 5.92 Å². The number of pyridine rings is 1. The van der Waals surface area contributed by atoms with Crippen LogP contribution in [0.15, 0.2) is 28.0 Å². The zero-order valence-electron chi connectivity index (χ0n) is 14.9. The van der Waals surface area contributed by atoms with Crippen molar-refractivity contribution in [3.05, 3.63) is 28.8 Å². The first-order valence-electron chi connectivity index (χ1n) is 8.99. The van der Waals surface area contributed by atoms with Gasteiger partial charge in [0.15, 0.2) is 5.65 Å². The van der Waals surface area contributed by atoms with Gasteiger partial charge in [0.25, 0.3) is 0 Å². The van der Waals surface area contributed by atoms with Crippen LogP contribution in [0.1, 0.15) is 46.0 Å². The van der Waals surface area contributed by atoms with Crippen molar-refractivity contribution in [2.45, 2.75) is 57.4 Å². The summed E-state index contributed by atoms with van der Waals surface area (Å²) in [5.41, 5.74) is 0.187. The molecule has 0 aliphatic carbocycles. The minimum atomic E-state index is -3.57. The number of hydrogen-bond donors (Lipinski definition) is 0. The maximum atomic E-state index is 12.9. The van der Waals surface area contributed by atoms with Gasteiger partial charge in [-0.05, 0) is 37.3 Å². The largest absolute Gasteiger partial charge is 0.350 e. The first kappa shape index (κ1) is 18.1. The maximum Gasteiger partial charge on any atom is 0.350 e. The molecule has 0 atom stereocenters. The molecule has 0 spiro atoms. The molecular weight excluding hydrogens is 340 g/mol. The molecule has 2 aromatic rings. The van der Waals surface area contributed by atoms with Crippen LogP contribution in [0.4, 0.5) is 0 Å². The van der Waals surface area contributed by atoms with E-state index in [4.69, 9.17) is 0 Å². The molecule has 1 fully saturated rings. The molecule has 0 bridgehead atoms.